The number of carboxylic acids is 1. The van der Waals surface area contributed by atoms with Crippen molar-refractivity contribution < 1.29 is 18.3 Å². The van der Waals surface area contributed by atoms with Gasteiger partial charge < -0.3 is 10.8 Å². The number of rotatable bonds is 8. The zero-order valence-corrected chi connectivity index (χ0v) is 12.3. The molecule has 0 saturated heterocycles. The first-order valence-electron chi connectivity index (χ1n) is 6.27. The van der Waals surface area contributed by atoms with Crippen LogP contribution < -0.4 is 5.73 Å². The average molecular weight is 279 g/mol. The van der Waals surface area contributed by atoms with E-state index in [1.165, 1.54) is 0 Å². The van der Waals surface area contributed by atoms with Crippen molar-refractivity contribution in [2.75, 3.05) is 12.3 Å². The fourth-order valence-electron chi connectivity index (χ4n) is 1.53. The van der Waals surface area contributed by atoms with Gasteiger partial charge in [0.05, 0.1) is 16.4 Å². The van der Waals surface area contributed by atoms with Crippen LogP contribution in [0.25, 0.3) is 0 Å². The standard InChI is InChI=1S/C12H25NO4S/c1-12(2,3)18(16,17)9-7-10(11(14)15)6-4-5-8-13/h10H,4-9,13H2,1-3H3,(H,14,15). The monoisotopic (exact) mass is 279 g/mol. The molecule has 1 atom stereocenters. The van der Waals surface area contributed by atoms with Gasteiger partial charge in [0.25, 0.3) is 0 Å². The quantitative estimate of drug-likeness (QED) is 0.655. The van der Waals surface area contributed by atoms with Crippen molar-refractivity contribution in [1.82, 2.24) is 0 Å². The van der Waals surface area contributed by atoms with Crippen LogP contribution in [-0.4, -0.2) is 36.5 Å². The lowest BCUT2D eigenvalue weighted by atomic mass is 9.99. The Labute approximate surface area is 110 Å². The molecule has 0 amide bonds. The van der Waals surface area contributed by atoms with Gasteiger partial charge in [-0.1, -0.05) is 6.42 Å². The van der Waals surface area contributed by atoms with Crippen molar-refractivity contribution in [3.05, 3.63) is 0 Å². The fraction of sp³-hybridized carbons (Fsp3) is 0.917. The number of carbonyl (C=O) groups is 1. The van der Waals surface area contributed by atoms with Crippen LogP contribution in [0.4, 0.5) is 0 Å². The van der Waals surface area contributed by atoms with Crippen LogP contribution >= 0.6 is 0 Å². The summed E-state index contributed by atoms with van der Waals surface area (Å²) in [7, 11) is -3.24. The molecule has 5 nitrogen and oxygen atoms in total. The first kappa shape index (κ1) is 17.4. The molecule has 0 heterocycles. The normalized spacial score (nSPS) is 14.4. The van der Waals surface area contributed by atoms with E-state index in [0.29, 0.717) is 13.0 Å². The lowest BCUT2D eigenvalue weighted by Gasteiger charge is -2.20. The summed E-state index contributed by atoms with van der Waals surface area (Å²) in [5, 5.41) is 9.05. The van der Waals surface area contributed by atoms with Gasteiger partial charge in [0.2, 0.25) is 0 Å². The molecule has 18 heavy (non-hydrogen) atoms. The highest BCUT2D eigenvalue weighted by Gasteiger charge is 2.30. The van der Waals surface area contributed by atoms with Crippen LogP contribution in [0.2, 0.25) is 0 Å². The van der Waals surface area contributed by atoms with E-state index in [1.54, 1.807) is 20.8 Å². The van der Waals surface area contributed by atoms with E-state index in [2.05, 4.69) is 0 Å². The lowest BCUT2D eigenvalue weighted by Crippen LogP contribution is -2.32. The molecule has 0 aliphatic carbocycles. The molecular formula is C12H25NO4S. The van der Waals surface area contributed by atoms with Gasteiger partial charge in [-0.05, 0) is 46.6 Å². The molecule has 0 aromatic heterocycles. The van der Waals surface area contributed by atoms with Gasteiger partial charge in [0, 0.05) is 0 Å². The van der Waals surface area contributed by atoms with Crippen molar-refractivity contribution in [1.29, 1.82) is 0 Å². The molecule has 0 aromatic rings. The van der Waals surface area contributed by atoms with Crippen molar-refractivity contribution in [2.24, 2.45) is 11.7 Å². The highest BCUT2D eigenvalue weighted by Crippen LogP contribution is 2.21. The molecule has 0 aliphatic heterocycles. The zero-order chi connectivity index (χ0) is 14.4. The molecule has 0 bridgehead atoms. The molecule has 0 radical (unpaired) electrons. The number of hydrogen-bond donors (Lipinski definition) is 2. The van der Waals surface area contributed by atoms with Crippen LogP contribution in [0.15, 0.2) is 0 Å². The average Bonchev–Trinajstić information content (AvgIpc) is 2.20. The van der Waals surface area contributed by atoms with Crippen molar-refractivity contribution in [3.8, 4) is 0 Å². The minimum absolute atomic E-state index is 0.0733. The smallest absolute Gasteiger partial charge is 0.306 e. The summed E-state index contributed by atoms with van der Waals surface area (Å²) in [4.78, 5) is 11.0. The highest BCUT2D eigenvalue weighted by molar-refractivity contribution is 7.92. The third kappa shape index (κ3) is 5.82. The molecule has 0 rings (SSSR count). The predicted molar refractivity (Wildman–Crippen MR) is 72.2 cm³/mol. The van der Waals surface area contributed by atoms with E-state index in [1.807, 2.05) is 0 Å². The molecule has 0 aromatic carbocycles. The summed E-state index contributed by atoms with van der Waals surface area (Å²) < 4.78 is 23.0. The number of unbranched alkanes of at least 4 members (excludes halogenated alkanes) is 1. The number of sulfone groups is 1. The first-order valence-corrected chi connectivity index (χ1v) is 7.92. The molecule has 0 aliphatic rings. The Bertz CT molecular complexity index is 357. The summed E-state index contributed by atoms with van der Waals surface area (Å²) in [5.74, 6) is -1.58. The number of carboxylic acid groups (broad SMARTS) is 1. The van der Waals surface area contributed by atoms with Crippen LogP contribution in [0.5, 0.6) is 0 Å². The van der Waals surface area contributed by atoms with Gasteiger partial charge in [0.15, 0.2) is 9.84 Å². The van der Waals surface area contributed by atoms with E-state index < -0.39 is 26.5 Å². The highest BCUT2D eigenvalue weighted by atomic mass is 32.2. The zero-order valence-electron chi connectivity index (χ0n) is 11.5. The predicted octanol–water partition coefficient (Wildman–Crippen LogP) is 1.42. The Morgan fingerprint density at radius 2 is 1.78 bits per heavy atom. The summed E-state index contributed by atoms with van der Waals surface area (Å²) in [6.07, 6.45) is 2.17. The molecule has 0 spiro atoms. The van der Waals surface area contributed by atoms with E-state index in [9.17, 15) is 13.2 Å². The Morgan fingerprint density at radius 3 is 2.17 bits per heavy atom. The molecular weight excluding hydrogens is 254 g/mol. The maximum atomic E-state index is 11.9. The minimum Gasteiger partial charge on any atom is -0.481 e. The van der Waals surface area contributed by atoms with Crippen molar-refractivity contribution in [2.45, 2.75) is 51.2 Å². The number of aliphatic carboxylic acids is 1. The third-order valence-electron chi connectivity index (χ3n) is 3.02. The Balaban J connectivity index is 4.41. The van der Waals surface area contributed by atoms with Crippen LogP contribution in [0.3, 0.4) is 0 Å². The summed E-state index contributed by atoms with van der Waals surface area (Å²) in [5.41, 5.74) is 5.35. The second kappa shape index (κ2) is 7.09. The molecule has 3 N–H and O–H groups in total. The Kier molecular flexibility index (Phi) is 6.84. The van der Waals surface area contributed by atoms with E-state index in [4.69, 9.17) is 10.8 Å². The maximum absolute atomic E-state index is 11.9. The SMILES string of the molecule is CC(C)(C)S(=O)(=O)CCC(CCCCN)C(=O)O. The first-order chi connectivity index (χ1) is 8.12. The van der Waals surface area contributed by atoms with Crippen molar-refractivity contribution >= 4 is 15.8 Å². The van der Waals surface area contributed by atoms with Crippen LogP contribution in [0.1, 0.15) is 46.5 Å². The third-order valence-corrected chi connectivity index (χ3v) is 5.66. The summed E-state index contributed by atoms with van der Waals surface area (Å²) in [6, 6.07) is 0. The van der Waals surface area contributed by atoms with Gasteiger partial charge in [-0.3, -0.25) is 4.79 Å². The second-order valence-electron chi connectivity index (χ2n) is 5.54. The van der Waals surface area contributed by atoms with Gasteiger partial charge in [0.1, 0.15) is 0 Å². The topological polar surface area (TPSA) is 97.5 Å². The fourth-order valence-corrected chi connectivity index (χ4v) is 2.74. The Morgan fingerprint density at radius 1 is 1.22 bits per heavy atom. The van der Waals surface area contributed by atoms with Gasteiger partial charge in [-0.2, -0.15) is 0 Å². The van der Waals surface area contributed by atoms with E-state index in [-0.39, 0.29) is 12.2 Å². The minimum atomic E-state index is -3.24. The molecule has 0 saturated carbocycles. The molecule has 6 heteroatoms. The van der Waals surface area contributed by atoms with Gasteiger partial charge >= 0.3 is 5.97 Å². The van der Waals surface area contributed by atoms with E-state index in [0.717, 1.165) is 12.8 Å². The molecule has 108 valence electrons. The summed E-state index contributed by atoms with van der Waals surface area (Å²) >= 11 is 0. The Hall–Kier alpha value is -0.620. The number of nitrogens with two attached hydrogens (primary N) is 1. The summed E-state index contributed by atoms with van der Waals surface area (Å²) in [6.45, 7) is 5.43. The van der Waals surface area contributed by atoms with Crippen LogP contribution in [0, 0.1) is 5.92 Å². The van der Waals surface area contributed by atoms with Gasteiger partial charge in [-0.25, -0.2) is 8.42 Å². The lowest BCUT2D eigenvalue weighted by molar-refractivity contribution is -0.142. The second-order valence-corrected chi connectivity index (χ2v) is 8.40. The maximum Gasteiger partial charge on any atom is 0.306 e. The molecule has 1 unspecified atom stereocenters. The van der Waals surface area contributed by atoms with Crippen molar-refractivity contribution in [3.63, 3.8) is 0 Å². The van der Waals surface area contributed by atoms with E-state index >= 15 is 0 Å². The van der Waals surface area contributed by atoms with Crippen LogP contribution in [-0.2, 0) is 14.6 Å². The number of hydrogen-bond acceptors (Lipinski definition) is 4. The molecule has 0 fully saturated rings. The largest absolute Gasteiger partial charge is 0.481 e. The van der Waals surface area contributed by atoms with Gasteiger partial charge in [-0.15, -0.1) is 0 Å².